The largest absolute Gasteiger partial charge is 0.379 e. The van der Waals surface area contributed by atoms with E-state index >= 15 is 0 Å². The molecular formula is C30H28N4O8S2. The van der Waals surface area contributed by atoms with Crippen LogP contribution in [-0.4, -0.2) is 39.9 Å². The fraction of sp³-hybridized carbons (Fsp3) is 0.133. The number of nitro groups is 1. The van der Waals surface area contributed by atoms with E-state index in [4.69, 9.17) is 4.18 Å². The fourth-order valence-corrected chi connectivity index (χ4v) is 6.01. The van der Waals surface area contributed by atoms with E-state index in [0.29, 0.717) is 11.1 Å². The average Bonchev–Trinajstić information content (AvgIpc) is 2.98. The second kappa shape index (κ2) is 13.6. The molecule has 0 radical (unpaired) electrons. The van der Waals surface area contributed by atoms with Crippen molar-refractivity contribution in [1.82, 2.24) is 10.1 Å². The van der Waals surface area contributed by atoms with Crippen molar-refractivity contribution in [1.29, 1.82) is 0 Å². The monoisotopic (exact) mass is 636 g/mol. The second-order valence-corrected chi connectivity index (χ2v) is 13.0. The van der Waals surface area contributed by atoms with Gasteiger partial charge < -0.3 is 4.18 Å². The highest BCUT2D eigenvalue weighted by Gasteiger charge is 2.26. The van der Waals surface area contributed by atoms with Crippen LogP contribution in [0.5, 0.6) is 5.75 Å². The Morgan fingerprint density at radius 3 is 1.93 bits per heavy atom. The lowest BCUT2D eigenvalue weighted by molar-refractivity contribution is -0.384. The molecule has 1 atom stereocenters. The standard InChI is InChI=1S/C30H28N4O8S2/c1-21-3-15-27(16-4-21)43(38,39)33-29(30(35)32-31-20-24-7-11-25(12-8-24)34(36)37)19-23-9-13-26(14-10-23)42-44(40,41)28-17-5-22(2)6-18-28/h3-18,20,29,33H,19H2,1-2H3,(H,32,35)/b31-20+/t29-/m1/s1. The summed E-state index contributed by atoms with van der Waals surface area (Å²) in [6, 6.07) is 22.2. The third-order valence-electron chi connectivity index (χ3n) is 6.32. The molecule has 0 saturated carbocycles. The van der Waals surface area contributed by atoms with Crippen molar-refractivity contribution in [3.63, 3.8) is 0 Å². The molecule has 0 saturated heterocycles. The summed E-state index contributed by atoms with van der Waals surface area (Å²) in [4.78, 5) is 23.4. The number of carbonyl (C=O) groups is 1. The Kier molecular flexibility index (Phi) is 9.88. The summed E-state index contributed by atoms with van der Waals surface area (Å²) >= 11 is 0. The number of carbonyl (C=O) groups excluding carboxylic acids is 1. The third-order valence-corrected chi connectivity index (χ3v) is 9.07. The summed E-state index contributed by atoms with van der Waals surface area (Å²) < 4.78 is 59.1. The molecule has 0 aliphatic heterocycles. The minimum absolute atomic E-state index is 0.0105. The van der Waals surface area contributed by atoms with Crippen molar-refractivity contribution in [2.75, 3.05) is 0 Å². The first kappa shape index (κ1) is 32.0. The van der Waals surface area contributed by atoms with Crippen molar-refractivity contribution in [3.8, 4) is 5.75 Å². The predicted octanol–water partition coefficient (Wildman–Crippen LogP) is 4.02. The maximum absolute atomic E-state index is 13.1. The molecule has 0 fully saturated rings. The molecule has 44 heavy (non-hydrogen) atoms. The average molecular weight is 637 g/mol. The Hall–Kier alpha value is -4.92. The van der Waals surface area contributed by atoms with Gasteiger partial charge in [0.1, 0.15) is 16.7 Å². The molecule has 0 spiro atoms. The topological polar surface area (TPSA) is 174 Å². The molecular weight excluding hydrogens is 608 g/mol. The molecule has 1 amide bonds. The maximum Gasteiger partial charge on any atom is 0.339 e. The lowest BCUT2D eigenvalue weighted by Crippen LogP contribution is -2.46. The van der Waals surface area contributed by atoms with Crippen LogP contribution >= 0.6 is 0 Å². The lowest BCUT2D eigenvalue weighted by atomic mass is 10.1. The number of rotatable bonds is 12. The van der Waals surface area contributed by atoms with Gasteiger partial charge in [-0.1, -0.05) is 47.5 Å². The Bertz CT molecular complexity index is 1870. The van der Waals surface area contributed by atoms with Crippen molar-refractivity contribution in [2.24, 2.45) is 5.10 Å². The predicted molar refractivity (Wildman–Crippen MR) is 163 cm³/mol. The highest BCUT2D eigenvalue weighted by molar-refractivity contribution is 7.89. The summed E-state index contributed by atoms with van der Waals surface area (Å²) in [7, 11) is -8.21. The molecule has 0 aromatic heterocycles. The Morgan fingerprint density at radius 1 is 0.841 bits per heavy atom. The number of hydrazone groups is 1. The number of nitro benzene ring substituents is 1. The first-order valence-electron chi connectivity index (χ1n) is 13.1. The van der Waals surface area contributed by atoms with E-state index in [2.05, 4.69) is 15.2 Å². The van der Waals surface area contributed by atoms with Crippen LogP contribution in [0.15, 0.2) is 112 Å². The number of hydrogen-bond acceptors (Lipinski definition) is 9. The van der Waals surface area contributed by atoms with E-state index < -0.39 is 37.0 Å². The molecule has 2 N–H and O–H groups in total. The first-order valence-corrected chi connectivity index (χ1v) is 16.0. The van der Waals surface area contributed by atoms with Gasteiger partial charge >= 0.3 is 10.1 Å². The van der Waals surface area contributed by atoms with Crippen molar-refractivity contribution >= 4 is 38.0 Å². The van der Waals surface area contributed by atoms with Crippen LogP contribution in [0.3, 0.4) is 0 Å². The van der Waals surface area contributed by atoms with Gasteiger partial charge in [0, 0.05) is 12.1 Å². The molecule has 0 heterocycles. The number of hydrogen-bond donors (Lipinski definition) is 2. The minimum atomic E-state index is -4.13. The molecule has 228 valence electrons. The van der Waals surface area contributed by atoms with Crippen LogP contribution in [0.2, 0.25) is 0 Å². The Morgan fingerprint density at radius 2 is 1.39 bits per heavy atom. The zero-order valence-corrected chi connectivity index (χ0v) is 25.2. The summed E-state index contributed by atoms with van der Waals surface area (Å²) in [5, 5.41) is 14.7. The summed E-state index contributed by atoms with van der Waals surface area (Å²) in [6.07, 6.45) is 1.14. The highest BCUT2D eigenvalue weighted by Crippen LogP contribution is 2.21. The van der Waals surface area contributed by atoms with E-state index in [1.54, 1.807) is 24.3 Å². The van der Waals surface area contributed by atoms with E-state index in [9.17, 15) is 31.7 Å². The zero-order valence-electron chi connectivity index (χ0n) is 23.6. The smallest absolute Gasteiger partial charge is 0.339 e. The number of nitrogens with one attached hydrogen (secondary N) is 2. The van der Waals surface area contributed by atoms with Crippen LogP contribution in [0.25, 0.3) is 0 Å². The van der Waals surface area contributed by atoms with Crippen LogP contribution in [0, 0.1) is 24.0 Å². The van der Waals surface area contributed by atoms with Crippen molar-refractivity contribution < 1.29 is 30.7 Å². The quantitative estimate of drug-likeness (QED) is 0.101. The van der Waals surface area contributed by atoms with Gasteiger partial charge in [0.25, 0.3) is 11.6 Å². The summed E-state index contributed by atoms with van der Waals surface area (Å²) in [5.74, 6) is -0.746. The van der Waals surface area contributed by atoms with E-state index in [0.717, 1.165) is 11.1 Å². The number of non-ortho nitro benzene ring substituents is 1. The Balaban J connectivity index is 1.51. The van der Waals surface area contributed by atoms with Gasteiger partial charge in [-0.25, -0.2) is 13.8 Å². The first-order chi connectivity index (χ1) is 20.8. The van der Waals surface area contributed by atoms with E-state index in [-0.39, 0.29) is 27.6 Å². The lowest BCUT2D eigenvalue weighted by Gasteiger charge is -2.18. The SMILES string of the molecule is Cc1ccc(S(=O)(=O)N[C@H](Cc2ccc(OS(=O)(=O)c3ccc(C)cc3)cc2)C(=O)N/N=C/c2ccc([N+](=O)[O-])cc2)cc1. The van der Waals surface area contributed by atoms with Gasteiger partial charge in [-0.3, -0.25) is 14.9 Å². The van der Waals surface area contributed by atoms with Gasteiger partial charge in [0.05, 0.1) is 16.0 Å². The molecule has 0 unspecified atom stereocenters. The zero-order chi connectivity index (χ0) is 31.9. The molecule has 4 aromatic carbocycles. The maximum atomic E-state index is 13.1. The van der Waals surface area contributed by atoms with Crippen LogP contribution < -0.4 is 14.3 Å². The summed E-state index contributed by atoms with van der Waals surface area (Å²) in [6.45, 7) is 3.64. The number of sulfonamides is 1. The molecule has 0 bridgehead atoms. The summed E-state index contributed by atoms with van der Waals surface area (Å²) in [5.41, 5.74) is 4.89. The Labute approximate surface area is 254 Å². The van der Waals surface area contributed by atoms with E-state index in [1.165, 1.54) is 79.0 Å². The van der Waals surface area contributed by atoms with Gasteiger partial charge in [0.2, 0.25) is 10.0 Å². The van der Waals surface area contributed by atoms with Gasteiger partial charge in [0.15, 0.2) is 0 Å². The third kappa shape index (κ3) is 8.56. The normalized spacial score (nSPS) is 12.5. The molecule has 0 aliphatic rings. The van der Waals surface area contributed by atoms with Crippen molar-refractivity contribution in [3.05, 3.63) is 129 Å². The van der Waals surface area contributed by atoms with Crippen LogP contribution in [0.1, 0.15) is 22.3 Å². The molecule has 4 aromatic rings. The number of amides is 1. The van der Waals surface area contributed by atoms with Gasteiger partial charge in [-0.05, 0) is 79.9 Å². The minimum Gasteiger partial charge on any atom is -0.379 e. The molecule has 14 heteroatoms. The molecule has 12 nitrogen and oxygen atoms in total. The highest BCUT2D eigenvalue weighted by atomic mass is 32.2. The van der Waals surface area contributed by atoms with Crippen LogP contribution in [-0.2, 0) is 31.4 Å². The second-order valence-electron chi connectivity index (χ2n) is 9.77. The molecule has 4 rings (SSSR count). The fourth-order valence-electron chi connectivity index (χ4n) is 3.89. The van der Waals surface area contributed by atoms with E-state index in [1.807, 2.05) is 13.8 Å². The number of nitrogens with zero attached hydrogens (tertiary/aromatic N) is 2. The van der Waals surface area contributed by atoms with Crippen LogP contribution in [0.4, 0.5) is 5.69 Å². The number of aryl methyl sites for hydroxylation is 2. The van der Waals surface area contributed by atoms with Crippen molar-refractivity contribution in [2.45, 2.75) is 36.1 Å². The molecule has 0 aliphatic carbocycles. The number of benzene rings is 4. The van der Waals surface area contributed by atoms with Gasteiger partial charge in [-0.15, -0.1) is 0 Å². The van der Waals surface area contributed by atoms with Gasteiger partial charge in [-0.2, -0.15) is 18.2 Å².